The van der Waals surface area contributed by atoms with Crippen molar-refractivity contribution in [2.75, 3.05) is 18.9 Å². The summed E-state index contributed by atoms with van der Waals surface area (Å²) in [5, 5.41) is 3.03. The molecule has 1 N–H and O–H groups in total. The first-order chi connectivity index (χ1) is 20.4. The van der Waals surface area contributed by atoms with Crippen LogP contribution in [0.3, 0.4) is 0 Å². The minimum absolute atomic E-state index is 0.578. The van der Waals surface area contributed by atoms with Crippen LogP contribution in [-0.2, 0) is 13.1 Å². The van der Waals surface area contributed by atoms with Gasteiger partial charge in [0.15, 0.2) is 0 Å². The molecule has 0 aliphatic heterocycles. The molecule has 0 aliphatic rings. The van der Waals surface area contributed by atoms with Gasteiger partial charge in [0, 0.05) is 25.8 Å². The summed E-state index contributed by atoms with van der Waals surface area (Å²) >= 11 is 0. The molecule has 0 heterocycles. The Morgan fingerprint density at radius 2 is 1.14 bits per heavy atom. The largest absolute Gasteiger partial charge is 0.388 e. The van der Waals surface area contributed by atoms with Gasteiger partial charge in [-0.3, -0.25) is 4.90 Å². The van der Waals surface area contributed by atoms with Crippen molar-refractivity contribution < 1.29 is 0 Å². The molecule has 2 nitrogen and oxygen atoms in total. The van der Waals surface area contributed by atoms with Gasteiger partial charge in [0.1, 0.15) is 0 Å². The number of nitrogens with zero attached hydrogens (tertiary/aromatic N) is 1. The molecule has 0 aliphatic carbocycles. The number of nitrogens with one attached hydrogen (secondary N) is 1. The smallest absolute Gasteiger partial charge is 0.0337 e. The fraction of sp³-hybridized carbons (Fsp3) is 0.333. The summed E-state index contributed by atoms with van der Waals surface area (Å²) in [6, 6.07) is 40.5. The molecular weight excluding hydrogens is 527 g/mol. The van der Waals surface area contributed by atoms with Crippen molar-refractivity contribution in [3.63, 3.8) is 0 Å². The fourth-order valence-electron chi connectivity index (χ4n) is 4.25. The van der Waals surface area contributed by atoms with E-state index in [0.29, 0.717) is 5.92 Å². The lowest BCUT2D eigenvalue weighted by Crippen LogP contribution is -2.24. The molecule has 2 unspecified atom stereocenters. The second-order valence-corrected chi connectivity index (χ2v) is 11.8. The van der Waals surface area contributed by atoms with Crippen LogP contribution in [0.5, 0.6) is 0 Å². The second-order valence-electron chi connectivity index (χ2n) is 10.5. The predicted octanol–water partition coefficient (Wildman–Crippen LogP) is 10.9. The summed E-state index contributed by atoms with van der Waals surface area (Å²) in [6.07, 6.45) is 4.30. The first kappa shape index (κ1) is 36.8. The van der Waals surface area contributed by atoms with Crippen LogP contribution in [0.2, 0.25) is 0 Å². The third-order valence-electron chi connectivity index (χ3n) is 6.41. The molecule has 0 bridgehead atoms. The van der Waals surface area contributed by atoms with Crippen LogP contribution in [-0.4, -0.2) is 24.2 Å². The van der Waals surface area contributed by atoms with Gasteiger partial charge in [0.05, 0.1) is 0 Å². The normalized spacial score (nSPS) is 10.7. The van der Waals surface area contributed by atoms with Crippen molar-refractivity contribution in [1.29, 1.82) is 0 Å². The van der Waals surface area contributed by atoms with Crippen LogP contribution in [0.15, 0.2) is 122 Å². The van der Waals surface area contributed by atoms with E-state index >= 15 is 0 Å². The van der Waals surface area contributed by atoms with Gasteiger partial charge in [0.2, 0.25) is 0 Å². The number of hydrogen-bond donors (Lipinski definition) is 1. The van der Waals surface area contributed by atoms with Gasteiger partial charge in [-0.2, -0.15) is 0 Å². The Bertz CT molecular complexity index is 1120. The van der Waals surface area contributed by atoms with E-state index in [9.17, 15) is 0 Å². The Morgan fingerprint density at radius 1 is 0.714 bits per heavy atom. The molecule has 0 saturated carbocycles. The summed E-state index contributed by atoms with van der Waals surface area (Å²) in [5.74, 6) is 0.578. The van der Waals surface area contributed by atoms with Gasteiger partial charge in [-0.25, -0.2) is 0 Å². The highest BCUT2D eigenvalue weighted by molar-refractivity contribution is 7.17. The minimum atomic E-state index is 0.578. The summed E-state index contributed by atoms with van der Waals surface area (Å²) in [7, 11) is 4.57. The van der Waals surface area contributed by atoms with Crippen molar-refractivity contribution in [1.82, 2.24) is 4.90 Å². The lowest BCUT2D eigenvalue weighted by atomic mass is 9.95. The maximum absolute atomic E-state index is 3.84. The molecule has 0 fully saturated rings. The van der Waals surface area contributed by atoms with Crippen molar-refractivity contribution in [3.8, 4) is 0 Å². The fourth-order valence-corrected chi connectivity index (χ4v) is 4.25. The Hall–Kier alpha value is -3.19. The zero-order valence-corrected chi connectivity index (χ0v) is 28.1. The van der Waals surface area contributed by atoms with Crippen molar-refractivity contribution >= 4 is 21.0 Å². The number of para-hydroxylation sites is 1. The lowest BCUT2D eigenvalue weighted by Gasteiger charge is -2.23. The third-order valence-corrected chi connectivity index (χ3v) is 6.41. The Labute approximate surface area is 260 Å². The standard InChI is InChI=1S/C27H31N.C7H9N.C3H9P.C2H6/c1-3-24-16-18-27(19-17-24)23(2)11-10-20-28(21-25-12-6-4-7-13-25)22-26-14-8-5-9-15-26;1-8-7-5-3-2-4-6-7;1-3(2)4;1-2/h3-9,12-19,23H,1,10-11,20-22H2,2H3;2-6,8H,1H3;3H,4H2,1-2H3;1-2H3. The molecule has 2 atom stereocenters. The Balaban J connectivity index is 0.000000521. The molecule has 0 aromatic heterocycles. The van der Waals surface area contributed by atoms with Crippen molar-refractivity contribution in [2.45, 2.75) is 72.1 Å². The average Bonchev–Trinajstić information content (AvgIpc) is 3.03. The maximum atomic E-state index is 3.84. The van der Waals surface area contributed by atoms with E-state index in [2.05, 4.69) is 132 Å². The number of benzene rings is 4. The van der Waals surface area contributed by atoms with Crippen LogP contribution in [0.4, 0.5) is 5.69 Å². The molecule has 0 saturated heterocycles. The first-order valence-electron chi connectivity index (χ1n) is 15.4. The monoisotopic (exact) mass is 582 g/mol. The molecule has 0 radical (unpaired) electrons. The molecule has 0 amide bonds. The highest BCUT2D eigenvalue weighted by Gasteiger charge is 2.10. The van der Waals surface area contributed by atoms with E-state index in [4.69, 9.17) is 0 Å². The molecule has 4 aromatic carbocycles. The van der Waals surface area contributed by atoms with Crippen molar-refractivity contribution in [3.05, 3.63) is 144 Å². The van der Waals surface area contributed by atoms with E-state index in [-0.39, 0.29) is 0 Å². The van der Waals surface area contributed by atoms with E-state index in [1.54, 1.807) is 0 Å². The lowest BCUT2D eigenvalue weighted by molar-refractivity contribution is 0.249. The maximum Gasteiger partial charge on any atom is 0.0337 e. The van der Waals surface area contributed by atoms with E-state index in [0.717, 1.165) is 31.0 Å². The van der Waals surface area contributed by atoms with Crippen LogP contribution in [0.25, 0.3) is 6.08 Å². The Kier molecular flexibility index (Phi) is 20.5. The first-order valence-corrected chi connectivity index (χ1v) is 16.1. The highest BCUT2D eigenvalue weighted by atomic mass is 31.0. The predicted molar refractivity (Wildman–Crippen MR) is 193 cm³/mol. The topological polar surface area (TPSA) is 15.3 Å². The van der Waals surface area contributed by atoms with Crippen molar-refractivity contribution in [2.24, 2.45) is 0 Å². The molecule has 226 valence electrons. The number of rotatable bonds is 11. The van der Waals surface area contributed by atoms with Gasteiger partial charge < -0.3 is 5.32 Å². The van der Waals surface area contributed by atoms with Crippen LogP contribution in [0.1, 0.15) is 75.6 Å². The van der Waals surface area contributed by atoms with E-state index in [1.807, 2.05) is 57.3 Å². The van der Waals surface area contributed by atoms with Gasteiger partial charge in [-0.05, 0) is 65.3 Å². The van der Waals surface area contributed by atoms with E-state index < -0.39 is 0 Å². The summed E-state index contributed by atoms with van der Waals surface area (Å²) in [5.41, 5.74) is 7.28. The number of anilines is 1. The second kappa shape index (κ2) is 23.4. The third kappa shape index (κ3) is 16.9. The Morgan fingerprint density at radius 3 is 1.52 bits per heavy atom. The summed E-state index contributed by atoms with van der Waals surface area (Å²) < 4.78 is 0. The molecule has 4 aromatic rings. The van der Waals surface area contributed by atoms with Gasteiger partial charge in [-0.1, -0.05) is 150 Å². The zero-order chi connectivity index (χ0) is 31.0. The van der Waals surface area contributed by atoms with Crippen LogP contribution < -0.4 is 5.32 Å². The molecule has 0 spiro atoms. The summed E-state index contributed by atoms with van der Waals surface area (Å²) in [6.45, 7) is 17.5. The summed E-state index contributed by atoms with van der Waals surface area (Å²) in [4.78, 5) is 2.57. The zero-order valence-electron chi connectivity index (χ0n) is 27.0. The quantitative estimate of drug-likeness (QED) is 0.177. The van der Waals surface area contributed by atoms with Gasteiger partial charge >= 0.3 is 0 Å². The average molecular weight is 583 g/mol. The highest BCUT2D eigenvalue weighted by Crippen LogP contribution is 2.22. The number of hydrogen-bond acceptors (Lipinski definition) is 2. The van der Waals surface area contributed by atoms with E-state index in [1.165, 1.54) is 35.1 Å². The molecule has 4 rings (SSSR count). The van der Waals surface area contributed by atoms with Gasteiger partial charge in [0.25, 0.3) is 0 Å². The minimum Gasteiger partial charge on any atom is -0.388 e. The molecule has 3 heteroatoms. The molecular formula is C39H55N2P. The van der Waals surface area contributed by atoms with Crippen LogP contribution in [0, 0.1) is 0 Å². The molecule has 42 heavy (non-hydrogen) atoms. The van der Waals surface area contributed by atoms with Crippen LogP contribution >= 0.6 is 9.24 Å². The van der Waals surface area contributed by atoms with Gasteiger partial charge in [-0.15, -0.1) is 9.24 Å². The SMILES string of the molecule is C=Cc1ccc(C(C)CCCN(Cc2ccccc2)Cc2ccccc2)cc1.CC.CC(C)P.CNc1ccccc1.